The maximum Gasteiger partial charge on any atom is 0.228 e. The van der Waals surface area contributed by atoms with Crippen molar-refractivity contribution in [3.63, 3.8) is 0 Å². The summed E-state index contributed by atoms with van der Waals surface area (Å²) < 4.78 is 18.2. The van der Waals surface area contributed by atoms with E-state index < -0.39 is 0 Å². The number of nitrogens with zero attached hydrogens (tertiary/aromatic N) is 1. The number of benzene rings is 4. The van der Waals surface area contributed by atoms with Gasteiger partial charge >= 0.3 is 0 Å². The van der Waals surface area contributed by atoms with Gasteiger partial charge in [-0.25, -0.2) is 4.57 Å². The SMILES string of the molecule is [2H]c1cc2c3c(cc4cccc(CC(C)(C)C)c42)Oc2c(c(C)c4cc(C)ccc4c2CC(C)(C)C)-c3[n+]1C. The van der Waals surface area contributed by atoms with Crippen molar-refractivity contribution < 1.29 is 10.7 Å². The summed E-state index contributed by atoms with van der Waals surface area (Å²) in [5, 5.41) is 7.20. The van der Waals surface area contributed by atoms with Crippen molar-refractivity contribution in [3.8, 4) is 22.8 Å². The summed E-state index contributed by atoms with van der Waals surface area (Å²) in [5.41, 5.74) is 7.53. The van der Waals surface area contributed by atoms with Crippen molar-refractivity contribution >= 4 is 32.3 Å². The van der Waals surface area contributed by atoms with E-state index >= 15 is 0 Å². The van der Waals surface area contributed by atoms with Gasteiger partial charge in [-0.05, 0) is 76.3 Å². The summed E-state index contributed by atoms with van der Waals surface area (Å²) in [4.78, 5) is 0. The molecule has 0 N–H and O–H groups in total. The molecule has 1 aliphatic heterocycles. The Bertz CT molecular complexity index is 1830. The summed E-state index contributed by atoms with van der Waals surface area (Å²) in [6, 6.07) is 17.7. The quantitative estimate of drug-likeness (QED) is 0.169. The highest BCUT2D eigenvalue weighted by atomic mass is 16.5. The van der Waals surface area contributed by atoms with Crippen LogP contribution in [0.5, 0.6) is 11.5 Å². The molecule has 0 amide bonds. The first kappa shape index (κ1) is 23.7. The molecular formula is C36H40NO+. The maximum atomic E-state index is 9.09. The molecule has 1 aromatic heterocycles. The summed E-state index contributed by atoms with van der Waals surface area (Å²) in [5.74, 6) is 1.85. The van der Waals surface area contributed by atoms with Crippen LogP contribution in [0, 0.1) is 24.7 Å². The molecule has 2 nitrogen and oxygen atoms in total. The number of hydrogen-bond acceptors (Lipinski definition) is 1. The Morgan fingerprint density at radius 1 is 0.816 bits per heavy atom. The lowest BCUT2D eigenvalue weighted by atomic mass is 9.81. The molecule has 0 unspecified atom stereocenters. The van der Waals surface area contributed by atoms with E-state index in [9.17, 15) is 0 Å². The molecule has 5 aromatic rings. The fourth-order valence-electron chi connectivity index (χ4n) is 6.44. The van der Waals surface area contributed by atoms with Gasteiger partial charge in [0, 0.05) is 17.0 Å². The first-order chi connectivity index (χ1) is 18.2. The summed E-state index contributed by atoms with van der Waals surface area (Å²) >= 11 is 0. The molecule has 0 bridgehead atoms. The standard InChI is InChI=1S/C36H40NO/c1-21-13-14-25-27(17-21)22(2)30-33-32-26(15-16-37(33)9)31-23(11-10-12-24(31)19-35(3,4)5)18-29(32)38-34(30)28(25)20-36(6,7)8/h10-18H,19-20H2,1-9H3/q+1/i16D. The molecule has 194 valence electrons. The minimum atomic E-state index is 0.0878. The Morgan fingerprint density at radius 2 is 1.55 bits per heavy atom. The predicted molar refractivity (Wildman–Crippen MR) is 161 cm³/mol. The van der Waals surface area contributed by atoms with E-state index in [1.807, 2.05) is 13.1 Å². The molecule has 0 saturated heterocycles. The second kappa shape index (κ2) is 8.30. The molecule has 1 aliphatic rings. The number of aromatic nitrogens is 1. The van der Waals surface area contributed by atoms with E-state index in [2.05, 4.69) is 102 Å². The van der Waals surface area contributed by atoms with Crippen molar-refractivity contribution in [2.45, 2.75) is 68.2 Å². The molecule has 38 heavy (non-hydrogen) atoms. The third-order valence-electron chi connectivity index (χ3n) is 7.89. The van der Waals surface area contributed by atoms with E-state index in [0.29, 0.717) is 6.17 Å². The van der Waals surface area contributed by atoms with E-state index in [4.69, 9.17) is 6.11 Å². The Morgan fingerprint density at radius 3 is 2.26 bits per heavy atom. The molecule has 0 fully saturated rings. The first-order valence-electron chi connectivity index (χ1n) is 14.4. The highest BCUT2D eigenvalue weighted by Gasteiger charge is 2.34. The van der Waals surface area contributed by atoms with Crippen molar-refractivity contribution in [1.82, 2.24) is 0 Å². The number of pyridine rings is 1. The molecule has 2 heterocycles. The first-order valence-corrected chi connectivity index (χ1v) is 13.9. The van der Waals surface area contributed by atoms with Gasteiger partial charge in [0.25, 0.3) is 0 Å². The maximum absolute atomic E-state index is 9.09. The minimum absolute atomic E-state index is 0.0878. The molecule has 2 heteroatoms. The fraction of sp³-hybridized carbons (Fsp3) is 0.361. The van der Waals surface area contributed by atoms with E-state index in [0.717, 1.165) is 46.4 Å². The molecular weight excluding hydrogens is 462 g/mol. The van der Waals surface area contributed by atoms with Gasteiger partial charge in [0.2, 0.25) is 5.69 Å². The largest absolute Gasteiger partial charge is 0.455 e. The summed E-state index contributed by atoms with van der Waals surface area (Å²) in [6.45, 7) is 18.1. The average molecular weight is 504 g/mol. The van der Waals surface area contributed by atoms with Crippen molar-refractivity contribution in [1.29, 1.82) is 0 Å². The second-order valence-electron chi connectivity index (χ2n) is 13.8. The number of aryl methyl sites for hydroxylation is 2. The molecule has 4 aromatic carbocycles. The smallest absolute Gasteiger partial charge is 0.228 e. The van der Waals surface area contributed by atoms with Gasteiger partial charge in [0.05, 0.1) is 10.9 Å². The normalized spacial score (nSPS) is 13.7. The van der Waals surface area contributed by atoms with Gasteiger partial charge in [-0.3, -0.25) is 0 Å². The zero-order valence-electron chi connectivity index (χ0n) is 25.4. The Kier molecular flexibility index (Phi) is 5.18. The number of fused-ring (bicyclic) bond motifs is 5. The average Bonchev–Trinajstić information content (AvgIpc) is 2.82. The van der Waals surface area contributed by atoms with E-state index in [-0.39, 0.29) is 10.8 Å². The highest BCUT2D eigenvalue weighted by Crippen LogP contribution is 2.53. The predicted octanol–water partition coefficient (Wildman–Crippen LogP) is 9.54. The van der Waals surface area contributed by atoms with Crippen LogP contribution in [0.3, 0.4) is 0 Å². The zero-order chi connectivity index (χ0) is 28.0. The lowest BCUT2D eigenvalue weighted by Gasteiger charge is -2.29. The number of ether oxygens (including phenoxy) is 1. The van der Waals surface area contributed by atoms with Crippen molar-refractivity contribution in [2.75, 3.05) is 0 Å². The van der Waals surface area contributed by atoms with Crippen LogP contribution in [0.15, 0.2) is 54.7 Å². The van der Waals surface area contributed by atoms with E-state index in [1.54, 1.807) is 0 Å². The van der Waals surface area contributed by atoms with Crippen LogP contribution >= 0.6 is 0 Å². The monoisotopic (exact) mass is 503 g/mol. The third kappa shape index (κ3) is 3.97. The highest BCUT2D eigenvalue weighted by molar-refractivity contribution is 6.17. The molecule has 0 spiro atoms. The molecule has 0 atom stereocenters. The van der Waals surface area contributed by atoms with Gasteiger partial charge in [0.1, 0.15) is 19.9 Å². The van der Waals surface area contributed by atoms with Gasteiger partial charge in [-0.2, -0.15) is 0 Å². The third-order valence-corrected chi connectivity index (χ3v) is 7.89. The molecule has 0 radical (unpaired) electrons. The van der Waals surface area contributed by atoms with Gasteiger partial charge in [0.15, 0.2) is 6.17 Å². The summed E-state index contributed by atoms with van der Waals surface area (Å²) in [6.07, 6.45) is 2.38. The molecule has 0 aliphatic carbocycles. The van der Waals surface area contributed by atoms with Crippen molar-refractivity contribution in [2.24, 2.45) is 17.9 Å². The second-order valence-corrected chi connectivity index (χ2v) is 13.8. The van der Waals surface area contributed by atoms with Crippen LogP contribution in [0.4, 0.5) is 0 Å². The van der Waals surface area contributed by atoms with Gasteiger partial charge < -0.3 is 4.74 Å². The number of hydrogen-bond donors (Lipinski definition) is 0. The van der Waals surface area contributed by atoms with Crippen LogP contribution in [-0.2, 0) is 19.9 Å². The number of rotatable bonds is 2. The van der Waals surface area contributed by atoms with Crippen LogP contribution in [-0.4, -0.2) is 0 Å². The van der Waals surface area contributed by atoms with Gasteiger partial charge in [-0.1, -0.05) is 83.5 Å². The zero-order valence-corrected chi connectivity index (χ0v) is 24.4. The van der Waals surface area contributed by atoms with Crippen LogP contribution in [0.1, 0.15) is 65.2 Å². The van der Waals surface area contributed by atoms with Crippen LogP contribution < -0.4 is 9.30 Å². The van der Waals surface area contributed by atoms with E-state index in [1.165, 1.54) is 43.8 Å². The topological polar surface area (TPSA) is 13.1 Å². The summed E-state index contributed by atoms with van der Waals surface area (Å²) in [7, 11) is 2.03. The van der Waals surface area contributed by atoms with Crippen LogP contribution in [0.2, 0.25) is 0 Å². The minimum Gasteiger partial charge on any atom is -0.455 e. The van der Waals surface area contributed by atoms with Crippen LogP contribution in [0.25, 0.3) is 43.6 Å². The van der Waals surface area contributed by atoms with Gasteiger partial charge in [-0.15, -0.1) is 0 Å². The lowest BCUT2D eigenvalue weighted by Crippen LogP contribution is -2.32. The lowest BCUT2D eigenvalue weighted by molar-refractivity contribution is -0.659. The molecule has 6 rings (SSSR count). The van der Waals surface area contributed by atoms with Crippen molar-refractivity contribution in [3.05, 3.63) is 77.0 Å². The Balaban J connectivity index is 1.81. The Hall–Kier alpha value is -3.39. The molecule has 0 saturated carbocycles. The fourth-order valence-corrected chi connectivity index (χ4v) is 6.44. The Labute approximate surface area is 228 Å².